The third-order valence-corrected chi connectivity index (χ3v) is 0. The second-order valence-electron chi connectivity index (χ2n) is 0.440. The lowest BCUT2D eigenvalue weighted by molar-refractivity contribution is -0.445. The van der Waals surface area contributed by atoms with Crippen LogP contribution in [0, 0.1) is 10.1 Å². The molecule has 4 heteroatoms. The van der Waals surface area contributed by atoms with Gasteiger partial charge in [-0.2, -0.15) is 0 Å². The van der Waals surface area contributed by atoms with Crippen molar-refractivity contribution in [1.82, 2.24) is 6.15 Å². The van der Waals surface area contributed by atoms with Crippen LogP contribution in [0.2, 0.25) is 0 Å². The van der Waals surface area contributed by atoms with Crippen LogP contribution in [0.1, 0.15) is 0 Å². The summed E-state index contributed by atoms with van der Waals surface area (Å²) in [6.45, 7) is 0. The Hall–Kier alpha value is -0.640. The SMILES string of the molecule is C[N+](=O)[O-].[NH4+]. The van der Waals surface area contributed by atoms with Crippen LogP contribution >= 0.6 is 0 Å². The normalized spacial score (nSPS) is 5.00. The molecule has 0 aliphatic heterocycles. The third kappa shape index (κ3) is 15.2. The molecule has 0 heterocycles. The first-order valence-electron chi connectivity index (χ1n) is 0.812. The summed E-state index contributed by atoms with van der Waals surface area (Å²) in [4.78, 5) is 8.31. The van der Waals surface area contributed by atoms with E-state index < -0.39 is 4.92 Å². The predicted molar refractivity (Wildman–Crippen MR) is 18.9 cm³/mol. The van der Waals surface area contributed by atoms with Crippen LogP contribution in [0.15, 0.2) is 0 Å². The van der Waals surface area contributed by atoms with Gasteiger partial charge in [0.15, 0.2) is 7.05 Å². The van der Waals surface area contributed by atoms with Crippen molar-refractivity contribution < 1.29 is 4.92 Å². The average Bonchev–Trinajstić information content (AvgIpc) is 0.811. The van der Waals surface area contributed by atoms with Crippen LogP contribution < -0.4 is 6.15 Å². The van der Waals surface area contributed by atoms with Gasteiger partial charge in [-0.15, -0.1) is 0 Å². The van der Waals surface area contributed by atoms with Gasteiger partial charge in [-0.3, -0.25) is 10.1 Å². The summed E-state index contributed by atoms with van der Waals surface area (Å²) < 4.78 is 0. The highest BCUT2D eigenvalue weighted by Crippen LogP contribution is 1.39. The minimum absolute atomic E-state index is 0. The summed E-state index contributed by atoms with van der Waals surface area (Å²) in [5.41, 5.74) is 0. The highest BCUT2D eigenvalue weighted by atomic mass is 16.6. The van der Waals surface area contributed by atoms with E-state index in [9.17, 15) is 0 Å². The molecule has 4 nitrogen and oxygen atoms in total. The number of nitro groups is 1. The van der Waals surface area contributed by atoms with E-state index in [4.69, 9.17) is 10.1 Å². The van der Waals surface area contributed by atoms with Crippen molar-refractivity contribution in [3.05, 3.63) is 10.1 Å². The van der Waals surface area contributed by atoms with Crippen LogP contribution in [-0.2, 0) is 0 Å². The zero-order chi connectivity index (χ0) is 3.58. The van der Waals surface area contributed by atoms with Crippen molar-refractivity contribution in [2.24, 2.45) is 0 Å². The molecule has 0 amide bonds. The topological polar surface area (TPSA) is 79.6 Å². The molecule has 0 fully saturated rings. The fourth-order valence-corrected chi connectivity index (χ4v) is 0. The Kier molecular flexibility index (Phi) is 5.94. The Bertz CT molecular complexity index is 30.6. The van der Waals surface area contributed by atoms with Crippen molar-refractivity contribution >= 4 is 0 Å². The molecule has 0 aliphatic carbocycles. The number of hydrogen-bond acceptors (Lipinski definition) is 2. The molecule has 5 heavy (non-hydrogen) atoms. The summed E-state index contributed by atoms with van der Waals surface area (Å²) in [6, 6.07) is 0. The molecule has 0 unspecified atom stereocenters. The molecule has 0 atom stereocenters. The number of nitrogens with zero attached hydrogens (tertiary/aromatic N) is 1. The first-order valence-corrected chi connectivity index (χ1v) is 0.812. The minimum Gasteiger partial charge on any atom is -0.369 e. The Labute approximate surface area is 29.5 Å². The Balaban J connectivity index is 0. The van der Waals surface area contributed by atoms with Gasteiger partial charge in [-0.1, -0.05) is 0 Å². The van der Waals surface area contributed by atoms with Crippen LogP contribution in [0.5, 0.6) is 0 Å². The molecule has 0 saturated heterocycles. The zero-order valence-electron chi connectivity index (χ0n) is 3.26. The van der Waals surface area contributed by atoms with Crippen LogP contribution in [0.25, 0.3) is 0 Å². The summed E-state index contributed by atoms with van der Waals surface area (Å²) >= 11 is 0. The summed E-state index contributed by atoms with van der Waals surface area (Å²) in [5.74, 6) is 0. The molecule has 4 N–H and O–H groups in total. The van der Waals surface area contributed by atoms with E-state index in [1.54, 1.807) is 0 Å². The van der Waals surface area contributed by atoms with Gasteiger partial charge in [0.05, 0.1) is 0 Å². The molecular weight excluding hydrogens is 72.0 g/mol. The maximum Gasteiger partial charge on any atom is 0.194 e. The zero-order valence-corrected chi connectivity index (χ0v) is 3.26. The molecule has 0 aliphatic rings. The fraction of sp³-hybridized carbons (Fsp3) is 1.00. The summed E-state index contributed by atoms with van der Waals surface area (Å²) in [5, 5.41) is 8.81. The van der Waals surface area contributed by atoms with Crippen molar-refractivity contribution in [3.8, 4) is 0 Å². The largest absolute Gasteiger partial charge is 0.369 e. The molecule has 0 spiro atoms. The Morgan fingerprint density at radius 2 is 1.80 bits per heavy atom. The number of quaternary nitrogens is 1. The molecule has 0 radical (unpaired) electrons. The van der Waals surface area contributed by atoms with Gasteiger partial charge in [0.25, 0.3) is 0 Å². The standard InChI is InChI=1S/CH3NO2.H3N/c1-2(3)4;/h1H3;1H3/p+1. The first-order chi connectivity index (χ1) is 1.73. The van der Waals surface area contributed by atoms with Gasteiger partial charge in [0, 0.05) is 4.92 Å². The van der Waals surface area contributed by atoms with Gasteiger partial charge >= 0.3 is 0 Å². The molecule has 0 saturated carbocycles. The summed E-state index contributed by atoms with van der Waals surface area (Å²) in [7, 11) is 0.889. The predicted octanol–water partition coefficient (Wildman–Crippen LogP) is 0.269. The first kappa shape index (κ1) is 8.84. The average molecular weight is 79.1 g/mol. The number of hydrogen-bond donors (Lipinski definition) is 1. The molecule has 32 valence electrons. The van der Waals surface area contributed by atoms with Gasteiger partial charge in [-0.05, 0) is 0 Å². The van der Waals surface area contributed by atoms with Crippen molar-refractivity contribution in [2.75, 3.05) is 7.05 Å². The van der Waals surface area contributed by atoms with Crippen LogP contribution in [-0.4, -0.2) is 12.0 Å². The van der Waals surface area contributed by atoms with Crippen molar-refractivity contribution in [3.63, 3.8) is 0 Å². The minimum atomic E-state index is -0.500. The maximum atomic E-state index is 8.81. The van der Waals surface area contributed by atoms with E-state index in [1.807, 2.05) is 0 Å². The molecule has 0 aromatic heterocycles. The van der Waals surface area contributed by atoms with Gasteiger partial charge in [0.1, 0.15) is 0 Å². The second-order valence-corrected chi connectivity index (χ2v) is 0.440. The lowest BCUT2D eigenvalue weighted by Gasteiger charge is -1.63. The Morgan fingerprint density at radius 1 is 1.80 bits per heavy atom. The van der Waals surface area contributed by atoms with E-state index >= 15 is 0 Å². The maximum absolute atomic E-state index is 8.81. The second kappa shape index (κ2) is 3.36. The van der Waals surface area contributed by atoms with Crippen LogP contribution in [0.3, 0.4) is 0 Å². The molecule has 0 aromatic rings. The Morgan fingerprint density at radius 3 is 1.80 bits per heavy atom. The molecule has 0 aromatic carbocycles. The molecule has 0 bridgehead atoms. The molecular formula is CH7N2O2+. The van der Waals surface area contributed by atoms with E-state index in [0.717, 1.165) is 7.05 Å². The quantitative estimate of drug-likeness (QED) is 0.334. The van der Waals surface area contributed by atoms with Crippen LogP contribution in [0.4, 0.5) is 0 Å². The smallest absolute Gasteiger partial charge is 0.194 e. The fourth-order valence-electron chi connectivity index (χ4n) is 0. The van der Waals surface area contributed by atoms with E-state index in [2.05, 4.69) is 0 Å². The highest BCUT2D eigenvalue weighted by Gasteiger charge is 1.57. The highest BCUT2D eigenvalue weighted by molar-refractivity contribution is 3.91. The van der Waals surface area contributed by atoms with E-state index in [0.29, 0.717) is 0 Å². The van der Waals surface area contributed by atoms with Crippen molar-refractivity contribution in [2.45, 2.75) is 0 Å². The monoisotopic (exact) mass is 79.1 g/mol. The van der Waals surface area contributed by atoms with E-state index in [1.165, 1.54) is 0 Å². The van der Waals surface area contributed by atoms with E-state index in [-0.39, 0.29) is 6.15 Å². The molecule has 0 rings (SSSR count). The van der Waals surface area contributed by atoms with Gasteiger partial charge in [0.2, 0.25) is 0 Å². The number of rotatable bonds is 0. The van der Waals surface area contributed by atoms with Gasteiger partial charge in [-0.25, -0.2) is 0 Å². The third-order valence-electron chi connectivity index (χ3n) is 0. The van der Waals surface area contributed by atoms with Crippen molar-refractivity contribution in [1.29, 1.82) is 0 Å². The summed E-state index contributed by atoms with van der Waals surface area (Å²) in [6.07, 6.45) is 0. The lowest BCUT2D eigenvalue weighted by atomic mass is 11.5. The lowest BCUT2D eigenvalue weighted by Crippen LogP contribution is -1.79. The van der Waals surface area contributed by atoms with Gasteiger partial charge < -0.3 is 6.15 Å².